The molecular formula is C29H48BNO7. The SMILES string of the molecule is CCCCOC(=O)[C@H](Cc1cc(B2OC(C)(C)C(C)(C)O2)ccc1OCCCC)N(C)C(=O)OC(C)(C)C. The summed E-state index contributed by atoms with van der Waals surface area (Å²) >= 11 is 0. The summed E-state index contributed by atoms with van der Waals surface area (Å²) in [6, 6.07) is 4.86. The van der Waals surface area contributed by atoms with Crippen molar-refractivity contribution in [1.82, 2.24) is 4.90 Å². The number of rotatable bonds is 12. The lowest BCUT2D eigenvalue weighted by atomic mass is 9.78. The van der Waals surface area contributed by atoms with Crippen LogP contribution < -0.4 is 10.2 Å². The topological polar surface area (TPSA) is 83.5 Å². The van der Waals surface area contributed by atoms with Crippen LogP contribution in [0, 0.1) is 0 Å². The van der Waals surface area contributed by atoms with Gasteiger partial charge >= 0.3 is 19.2 Å². The predicted molar refractivity (Wildman–Crippen MR) is 150 cm³/mol. The molecule has 0 spiro atoms. The van der Waals surface area contributed by atoms with E-state index in [1.54, 1.807) is 27.8 Å². The average molecular weight is 534 g/mol. The Morgan fingerprint density at radius 1 is 1.00 bits per heavy atom. The first kappa shape index (κ1) is 32.0. The van der Waals surface area contributed by atoms with Gasteiger partial charge in [0.15, 0.2) is 0 Å². The zero-order valence-electron chi connectivity index (χ0n) is 25.1. The van der Waals surface area contributed by atoms with Crippen LogP contribution in [0.15, 0.2) is 18.2 Å². The van der Waals surface area contributed by atoms with Crippen LogP contribution in [0.2, 0.25) is 0 Å². The second-order valence-corrected chi connectivity index (χ2v) is 12.0. The molecule has 1 heterocycles. The summed E-state index contributed by atoms with van der Waals surface area (Å²) in [5.41, 5.74) is -0.0961. The van der Waals surface area contributed by atoms with E-state index in [2.05, 4.69) is 6.92 Å². The number of carbonyl (C=O) groups excluding carboxylic acids is 2. The van der Waals surface area contributed by atoms with Gasteiger partial charge in [-0.15, -0.1) is 0 Å². The van der Waals surface area contributed by atoms with Gasteiger partial charge in [0.2, 0.25) is 0 Å². The predicted octanol–water partition coefficient (Wildman–Crippen LogP) is 5.29. The lowest BCUT2D eigenvalue weighted by molar-refractivity contribution is -0.149. The summed E-state index contributed by atoms with van der Waals surface area (Å²) in [6.07, 6.45) is 3.14. The molecule has 0 radical (unpaired) electrons. The molecule has 1 saturated heterocycles. The molecule has 1 aromatic rings. The maximum Gasteiger partial charge on any atom is 0.494 e. The van der Waals surface area contributed by atoms with Crippen LogP contribution in [0.5, 0.6) is 5.75 Å². The average Bonchev–Trinajstić information content (AvgIpc) is 3.03. The Bertz CT molecular complexity index is 925. The molecule has 9 heteroatoms. The molecule has 0 aromatic heterocycles. The Balaban J connectivity index is 2.43. The van der Waals surface area contributed by atoms with E-state index in [-0.39, 0.29) is 6.42 Å². The molecule has 1 amide bonds. The van der Waals surface area contributed by atoms with Gasteiger partial charge in [0.05, 0.1) is 24.4 Å². The summed E-state index contributed by atoms with van der Waals surface area (Å²) in [5.74, 6) is 0.176. The molecule has 38 heavy (non-hydrogen) atoms. The Labute approximate surface area is 229 Å². The standard InChI is InChI=1S/C29H48BNO7/c1-11-13-17-34-24-16-15-22(30-37-28(6,7)29(8,9)38-30)19-21(24)20-23(25(32)35-18-14-12-2)31(10)26(33)36-27(3,4)5/h15-16,19,23H,11-14,17-18,20H2,1-10H3/t23-/m0/s1. The summed E-state index contributed by atoms with van der Waals surface area (Å²) in [6.45, 7) is 18.4. The fourth-order valence-corrected chi connectivity index (χ4v) is 3.81. The second kappa shape index (κ2) is 13.2. The van der Waals surface area contributed by atoms with Crippen LogP contribution in [0.4, 0.5) is 4.79 Å². The highest BCUT2D eigenvalue weighted by molar-refractivity contribution is 6.62. The van der Waals surface area contributed by atoms with Crippen molar-refractivity contribution in [2.75, 3.05) is 20.3 Å². The molecule has 1 aliphatic rings. The van der Waals surface area contributed by atoms with E-state index in [4.69, 9.17) is 23.5 Å². The number of benzene rings is 1. The van der Waals surface area contributed by atoms with Crippen LogP contribution in [0.3, 0.4) is 0 Å². The minimum absolute atomic E-state index is 0.190. The highest BCUT2D eigenvalue weighted by Gasteiger charge is 2.51. The van der Waals surface area contributed by atoms with Crippen molar-refractivity contribution in [3.8, 4) is 5.75 Å². The molecule has 2 rings (SSSR count). The van der Waals surface area contributed by atoms with Gasteiger partial charge in [0, 0.05) is 13.5 Å². The Kier molecular flexibility index (Phi) is 11.1. The Morgan fingerprint density at radius 2 is 1.58 bits per heavy atom. The van der Waals surface area contributed by atoms with Crippen molar-refractivity contribution in [2.45, 2.75) is 117 Å². The molecule has 0 N–H and O–H groups in total. The minimum atomic E-state index is -0.899. The summed E-state index contributed by atoms with van der Waals surface area (Å²) < 4.78 is 29.8. The third-order valence-corrected chi connectivity index (χ3v) is 6.94. The van der Waals surface area contributed by atoms with Crippen LogP contribution in [0.1, 0.15) is 93.6 Å². The normalized spacial score (nSPS) is 17.2. The van der Waals surface area contributed by atoms with Gasteiger partial charge in [-0.2, -0.15) is 0 Å². The maximum atomic E-state index is 13.3. The number of ether oxygens (including phenoxy) is 3. The van der Waals surface area contributed by atoms with Crippen molar-refractivity contribution in [1.29, 1.82) is 0 Å². The van der Waals surface area contributed by atoms with Crippen molar-refractivity contribution >= 4 is 24.6 Å². The maximum absolute atomic E-state index is 13.3. The van der Waals surface area contributed by atoms with Crippen molar-refractivity contribution in [2.24, 2.45) is 0 Å². The smallest absolute Gasteiger partial charge is 0.493 e. The molecule has 0 aliphatic carbocycles. The second-order valence-electron chi connectivity index (χ2n) is 12.0. The summed E-state index contributed by atoms with van der Waals surface area (Å²) in [7, 11) is 0.997. The van der Waals surface area contributed by atoms with Gasteiger partial charge in [-0.3, -0.25) is 4.90 Å². The summed E-state index contributed by atoms with van der Waals surface area (Å²) in [4.78, 5) is 27.5. The van der Waals surface area contributed by atoms with Crippen LogP contribution >= 0.6 is 0 Å². The first-order valence-corrected chi connectivity index (χ1v) is 13.9. The first-order valence-electron chi connectivity index (χ1n) is 13.9. The first-order chi connectivity index (χ1) is 17.6. The molecule has 1 fully saturated rings. The quantitative estimate of drug-likeness (QED) is 0.205. The number of amides is 1. The zero-order valence-corrected chi connectivity index (χ0v) is 25.1. The van der Waals surface area contributed by atoms with Crippen LogP contribution in [0.25, 0.3) is 0 Å². The molecular weight excluding hydrogens is 485 g/mol. The molecule has 1 aliphatic heterocycles. The highest BCUT2D eigenvalue weighted by Crippen LogP contribution is 2.37. The zero-order chi connectivity index (χ0) is 28.7. The van der Waals surface area contributed by atoms with Crippen LogP contribution in [-0.2, 0) is 30.0 Å². The molecule has 0 bridgehead atoms. The van der Waals surface area contributed by atoms with Crippen molar-refractivity contribution < 1.29 is 33.1 Å². The molecule has 1 aromatic carbocycles. The van der Waals surface area contributed by atoms with E-state index in [0.29, 0.717) is 19.0 Å². The number of esters is 1. The van der Waals surface area contributed by atoms with E-state index in [0.717, 1.165) is 36.7 Å². The third-order valence-electron chi connectivity index (χ3n) is 6.94. The number of hydrogen-bond acceptors (Lipinski definition) is 7. The van der Waals surface area contributed by atoms with Gasteiger partial charge < -0.3 is 23.5 Å². The molecule has 0 saturated carbocycles. The lowest BCUT2D eigenvalue weighted by Crippen LogP contribution is -2.47. The minimum Gasteiger partial charge on any atom is -0.493 e. The third kappa shape index (κ3) is 8.63. The number of hydrogen-bond donors (Lipinski definition) is 0. The van der Waals surface area contributed by atoms with Crippen molar-refractivity contribution in [3.05, 3.63) is 23.8 Å². The van der Waals surface area contributed by atoms with Crippen molar-refractivity contribution in [3.63, 3.8) is 0 Å². The number of carbonyl (C=O) groups is 2. The monoisotopic (exact) mass is 533 g/mol. The van der Waals surface area contributed by atoms with Gasteiger partial charge in [0.1, 0.15) is 17.4 Å². The van der Waals surface area contributed by atoms with E-state index in [1.807, 2.05) is 52.8 Å². The van der Waals surface area contributed by atoms with E-state index in [1.165, 1.54) is 4.90 Å². The number of unbranched alkanes of at least 4 members (excludes halogenated alkanes) is 2. The van der Waals surface area contributed by atoms with Gasteiger partial charge in [0.25, 0.3) is 0 Å². The number of likely N-dealkylation sites (N-methyl/N-ethyl adjacent to an activating group) is 1. The van der Waals surface area contributed by atoms with Gasteiger partial charge in [-0.05, 0) is 78.4 Å². The molecule has 0 unspecified atom stereocenters. The largest absolute Gasteiger partial charge is 0.494 e. The molecule has 8 nitrogen and oxygen atoms in total. The molecule has 214 valence electrons. The summed E-state index contributed by atoms with van der Waals surface area (Å²) in [5, 5.41) is 0. The lowest BCUT2D eigenvalue weighted by Gasteiger charge is -2.32. The van der Waals surface area contributed by atoms with Gasteiger partial charge in [-0.25, -0.2) is 9.59 Å². The van der Waals surface area contributed by atoms with Crippen LogP contribution in [-0.4, -0.2) is 67.2 Å². The fourth-order valence-electron chi connectivity index (χ4n) is 3.81. The number of nitrogens with zero attached hydrogens (tertiary/aromatic N) is 1. The fraction of sp³-hybridized carbons (Fsp3) is 0.724. The Hall–Kier alpha value is -2.26. The Morgan fingerprint density at radius 3 is 2.13 bits per heavy atom. The van der Waals surface area contributed by atoms with Gasteiger partial charge in [-0.1, -0.05) is 38.8 Å². The van der Waals surface area contributed by atoms with E-state index in [9.17, 15) is 9.59 Å². The highest BCUT2D eigenvalue weighted by atomic mass is 16.7. The molecule has 1 atom stereocenters. The van der Waals surface area contributed by atoms with E-state index < -0.39 is 42.0 Å². The van der Waals surface area contributed by atoms with E-state index >= 15 is 0 Å².